The lowest BCUT2D eigenvalue weighted by atomic mass is 10.1. The highest BCUT2D eigenvalue weighted by molar-refractivity contribution is 5.71. The molecule has 0 radical (unpaired) electrons. The minimum Gasteiger partial charge on any atom is -0.462 e. The number of hydrogen-bond donors (Lipinski definition) is 0. The van der Waals surface area contributed by atoms with Gasteiger partial charge in [0.1, 0.15) is 13.2 Å². The van der Waals surface area contributed by atoms with Gasteiger partial charge in [0, 0.05) is 19.3 Å². The molecule has 82 heavy (non-hydrogen) atoms. The van der Waals surface area contributed by atoms with Crippen LogP contribution in [0.2, 0.25) is 0 Å². The van der Waals surface area contributed by atoms with Crippen molar-refractivity contribution in [2.24, 2.45) is 0 Å². The lowest BCUT2D eigenvalue weighted by molar-refractivity contribution is -0.167. The average Bonchev–Trinajstić information content (AvgIpc) is 3.47. The molecule has 6 heteroatoms. The highest BCUT2D eigenvalue weighted by atomic mass is 16.6. The van der Waals surface area contributed by atoms with Crippen LogP contribution in [0.5, 0.6) is 0 Å². The second kappa shape index (κ2) is 68.5. The van der Waals surface area contributed by atoms with Crippen molar-refractivity contribution in [3.05, 3.63) is 158 Å². The van der Waals surface area contributed by atoms with Gasteiger partial charge in [-0.25, -0.2) is 0 Å². The summed E-state index contributed by atoms with van der Waals surface area (Å²) in [5.41, 5.74) is 0. The van der Waals surface area contributed by atoms with E-state index >= 15 is 0 Å². The van der Waals surface area contributed by atoms with Crippen molar-refractivity contribution in [2.75, 3.05) is 13.2 Å². The first-order valence-corrected chi connectivity index (χ1v) is 33.5. The lowest BCUT2D eigenvalue weighted by Crippen LogP contribution is -2.30. The summed E-state index contributed by atoms with van der Waals surface area (Å²) >= 11 is 0. The quantitative estimate of drug-likeness (QED) is 0.0261. The maximum absolute atomic E-state index is 12.9. The van der Waals surface area contributed by atoms with Crippen molar-refractivity contribution < 1.29 is 28.6 Å². The molecule has 0 saturated carbocycles. The van der Waals surface area contributed by atoms with Crippen LogP contribution >= 0.6 is 0 Å². The van der Waals surface area contributed by atoms with Crippen LogP contribution in [0.1, 0.15) is 284 Å². The highest BCUT2D eigenvalue weighted by Crippen LogP contribution is 2.14. The first kappa shape index (κ1) is 77.0. The molecule has 0 aliphatic heterocycles. The second-order valence-corrected chi connectivity index (χ2v) is 21.6. The molecule has 0 aromatic heterocycles. The number of rotatable bonds is 59. The van der Waals surface area contributed by atoms with Crippen LogP contribution < -0.4 is 0 Å². The van der Waals surface area contributed by atoms with Gasteiger partial charge >= 0.3 is 17.9 Å². The van der Waals surface area contributed by atoms with Crippen LogP contribution in [-0.2, 0) is 28.6 Å². The summed E-state index contributed by atoms with van der Waals surface area (Å²) in [5.74, 6) is -0.989. The minimum absolute atomic E-state index is 0.111. The summed E-state index contributed by atoms with van der Waals surface area (Å²) < 4.78 is 16.9. The predicted molar refractivity (Wildman–Crippen MR) is 357 cm³/mol. The molecule has 6 nitrogen and oxygen atoms in total. The Morgan fingerprint density at radius 3 is 0.817 bits per heavy atom. The van der Waals surface area contributed by atoms with Gasteiger partial charge in [0.05, 0.1) is 0 Å². The van der Waals surface area contributed by atoms with E-state index in [1.807, 2.05) is 0 Å². The van der Waals surface area contributed by atoms with E-state index in [1.165, 1.54) is 103 Å². The van der Waals surface area contributed by atoms with E-state index < -0.39 is 6.10 Å². The summed E-state index contributed by atoms with van der Waals surface area (Å²) in [6.07, 6.45) is 99.6. The van der Waals surface area contributed by atoms with Gasteiger partial charge in [-0.2, -0.15) is 0 Å². The van der Waals surface area contributed by atoms with E-state index in [9.17, 15) is 14.4 Å². The number of esters is 3. The van der Waals surface area contributed by atoms with Crippen molar-refractivity contribution >= 4 is 17.9 Å². The SMILES string of the molecule is CC/C=C\C/C=C\C/C=C\C/C=C\C/C=C\C/C=C\C/C=C\C/C=C\C/C=C\CCCC(=O)OCC(COC(=O)CCCCCCC/C=C\C/C=C\CCCCCC)OC(=O)CCCCCCCCCCC/C=C\C/C=C\CCCCC. The Hall–Kier alpha value is -4.97. The number of ether oxygens (including phenoxy) is 3. The molecule has 0 aromatic rings. The summed E-state index contributed by atoms with van der Waals surface area (Å²) in [4.78, 5) is 38.4. The first-order chi connectivity index (χ1) is 40.5. The number of allylic oxidation sites excluding steroid dienone is 26. The highest BCUT2D eigenvalue weighted by Gasteiger charge is 2.19. The minimum atomic E-state index is -0.819. The van der Waals surface area contributed by atoms with Gasteiger partial charge in [-0.1, -0.05) is 275 Å². The zero-order chi connectivity index (χ0) is 59.2. The zero-order valence-corrected chi connectivity index (χ0v) is 52.9. The second-order valence-electron chi connectivity index (χ2n) is 21.6. The van der Waals surface area contributed by atoms with Crippen LogP contribution in [0.3, 0.4) is 0 Å². The Labute approximate surface area is 505 Å². The third-order valence-electron chi connectivity index (χ3n) is 13.7. The Balaban J connectivity index is 4.50. The maximum Gasteiger partial charge on any atom is 0.306 e. The number of carbonyl (C=O) groups excluding carboxylic acids is 3. The molecule has 0 bridgehead atoms. The molecular weight excluding hydrogens is 1010 g/mol. The fraction of sp³-hybridized carbons (Fsp3) is 0.618. The molecule has 0 saturated heterocycles. The number of hydrogen-bond acceptors (Lipinski definition) is 6. The maximum atomic E-state index is 12.9. The summed E-state index contributed by atoms with van der Waals surface area (Å²) in [6, 6.07) is 0. The third kappa shape index (κ3) is 65.8. The van der Waals surface area contributed by atoms with Gasteiger partial charge in [-0.3, -0.25) is 14.4 Å². The Bertz CT molecular complexity index is 1830. The zero-order valence-electron chi connectivity index (χ0n) is 52.9. The van der Waals surface area contributed by atoms with Gasteiger partial charge in [0.25, 0.3) is 0 Å². The lowest BCUT2D eigenvalue weighted by Gasteiger charge is -2.18. The van der Waals surface area contributed by atoms with E-state index in [0.717, 1.165) is 135 Å². The normalized spacial score (nSPS) is 13.2. The monoisotopic (exact) mass is 1130 g/mol. The van der Waals surface area contributed by atoms with E-state index in [-0.39, 0.29) is 37.5 Å². The third-order valence-corrected chi connectivity index (χ3v) is 13.7. The molecule has 0 fully saturated rings. The fourth-order valence-corrected chi connectivity index (χ4v) is 8.74. The van der Waals surface area contributed by atoms with Gasteiger partial charge in [-0.15, -0.1) is 0 Å². The fourth-order valence-electron chi connectivity index (χ4n) is 8.74. The van der Waals surface area contributed by atoms with E-state index in [1.54, 1.807) is 0 Å². The van der Waals surface area contributed by atoms with Crippen molar-refractivity contribution in [3.63, 3.8) is 0 Å². The first-order valence-electron chi connectivity index (χ1n) is 33.5. The molecule has 0 aromatic carbocycles. The standard InChI is InChI=1S/C76H122O6/c1-4-7-10-13-16-19-22-25-28-31-33-34-35-36-37-38-39-40-41-42-44-45-48-51-54-57-60-63-66-69-75(78)81-72-73(71-80-74(77)68-65-62-59-56-53-50-47-30-27-24-21-18-15-12-9-6-3)82-76(79)70-67-64-61-58-55-52-49-46-43-32-29-26-23-20-17-14-11-8-5-2/h7,10,16-17,19-21,24-26,28-30,33-34,36-37,39-40,42,44,47-48,51,57,60,73H,4-6,8-9,11-15,18,22-23,27,31-32,35,38,41,43,45-46,49-50,52-56,58-59,61-72H2,1-3H3/b10-7-,19-16-,20-17-,24-21-,28-25-,29-26-,34-33-,37-36-,40-39-,44-42-,47-30-,51-48-,60-57-. The molecule has 0 spiro atoms. The van der Waals surface area contributed by atoms with Crippen LogP contribution in [-0.4, -0.2) is 37.2 Å². The Morgan fingerprint density at radius 2 is 0.488 bits per heavy atom. The van der Waals surface area contributed by atoms with Crippen molar-refractivity contribution in [3.8, 4) is 0 Å². The van der Waals surface area contributed by atoms with Crippen LogP contribution in [0.15, 0.2) is 158 Å². The number of carbonyl (C=O) groups is 3. The van der Waals surface area contributed by atoms with Gasteiger partial charge in [0.2, 0.25) is 0 Å². The Morgan fingerprint density at radius 1 is 0.256 bits per heavy atom. The molecule has 0 heterocycles. The van der Waals surface area contributed by atoms with Crippen LogP contribution in [0.4, 0.5) is 0 Å². The van der Waals surface area contributed by atoms with E-state index in [2.05, 4.69) is 179 Å². The van der Waals surface area contributed by atoms with Crippen molar-refractivity contribution in [2.45, 2.75) is 290 Å². The molecular formula is C76H122O6. The smallest absolute Gasteiger partial charge is 0.306 e. The molecule has 462 valence electrons. The summed E-state index contributed by atoms with van der Waals surface area (Å²) in [7, 11) is 0. The number of unbranched alkanes of at least 4 members (excludes halogenated alkanes) is 22. The van der Waals surface area contributed by atoms with Gasteiger partial charge in [-0.05, 0) is 148 Å². The van der Waals surface area contributed by atoms with Gasteiger partial charge < -0.3 is 14.2 Å². The predicted octanol–water partition coefficient (Wildman–Crippen LogP) is 23.3. The molecule has 0 rings (SSSR count). The molecule has 0 aliphatic carbocycles. The van der Waals surface area contributed by atoms with E-state index in [0.29, 0.717) is 19.3 Å². The van der Waals surface area contributed by atoms with Crippen LogP contribution in [0, 0.1) is 0 Å². The molecule has 0 N–H and O–H groups in total. The molecule has 0 aliphatic rings. The van der Waals surface area contributed by atoms with Crippen molar-refractivity contribution in [1.82, 2.24) is 0 Å². The summed E-state index contributed by atoms with van der Waals surface area (Å²) in [5, 5.41) is 0. The van der Waals surface area contributed by atoms with E-state index in [4.69, 9.17) is 14.2 Å². The molecule has 1 unspecified atom stereocenters. The largest absolute Gasteiger partial charge is 0.462 e. The topological polar surface area (TPSA) is 78.9 Å². The molecule has 1 atom stereocenters. The average molecular weight is 1130 g/mol. The summed E-state index contributed by atoms with van der Waals surface area (Å²) in [6.45, 7) is 6.43. The van der Waals surface area contributed by atoms with Crippen molar-refractivity contribution in [1.29, 1.82) is 0 Å². The van der Waals surface area contributed by atoms with Crippen LogP contribution in [0.25, 0.3) is 0 Å². The molecule has 0 amide bonds. The van der Waals surface area contributed by atoms with Gasteiger partial charge in [0.15, 0.2) is 6.10 Å². The Kier molecular flexibility index (Phi) is 64.4.